The molecule has 0 aromatic heterocycles. The van der Waals surface area contributed by atoms with Crippen LogP contribution in [0.5, 0.6) is 0 Å². The van der Waals surface area contributed by atoms with Gasteiger partial charge in [0.1, 0.15) is 0 Å². The minimum Gasteiger partial charge on any atom is -0.353 e. The van der Waals surface area contributed by atoms with E-state index < -0.39 is 0 Å². The first kappa shape index (κ1) is 22.7. The van der Waals surface area contributed by atoms with Crippen LogP contribution in [0.4, 0.5) is 0 Å². The zero-order valence-corrected chi connectivity index (χ0v) is 18.0. The van der Waals surface area contributed by atoms with Gasteiger partial charge in [-0.3, -0.25) is 4.79 Å². The predicted octanol–water partition coefficient (Wildman–Crippen LogP) is 6.10. The molecule has 0 unspecified atom stereocenters. The molecule has 0 spiro atoms. The lowest BCUT2D eigenvalue weighted by Gasteiger charge is -2.26. The fourth-order valence-electron chi connectivity index (χ4n) is 5.12. The van der Waals surface area contributed by atoms with Crippen molar-refractivity contribution in [1.82, 2.24) is 5.32 Å². The lowest BCUT2D eigenvalue weighted by molar-refractivity contribution is -0.126. The Kier molecular flexibility index (Phi) is 11.4. The normalized spacial score (nSPS) is 29.3. The summed E-state index contributed by atoms with van der Waals surface area (Å²) in [6.45, 7) is 2.16. The van der Waals surface area contributed by atoms with Crippen molar-refractivity contribution in [3.8, 4) is 0 Å². The molecular formula is C24H46N2O. The van der Waals surface area contributed by atoms with Crippen molar-refractivity contribution in [3.05, 3.63) is 0 Å². The molecule has 27 heavy (non-hydrogen) atoms. The van der Waals surface area contributed by atoms with Gasteiger partial charge < -0.3 is 11.1 Å². The standard InChI is InChI=1S/C24H46N2O/c1-20(25)21-14-10-12-16-22(17-13-11-15-21)24(27)26-23-18-8-6-4-2-3-5-7-9-19-23/h20-23H,2-19,25H2,1H3,(H,26,27)/t20-,21?,22?/m1/s1. The molecule has 0 heterocycles. The maximum atomic E-state index is 13.0. The monoisotopic (exact) mass is 378 g/mol. The summed E-state index contributed by atoms with van der Waals surface area (Å²) in [6, 6.07) is 0.744. The lowest BCUT2D eigenvalue weighted by atomic mass is 9.85. The summed E-state index contributed by atoms with van der Waals surface area (Å²) < 4.78 is 0. The van der Waals surface area contributed by atoms with E-state index >= 15 is 0 Å². The van der Waals surface area contributed by atoms with Crippen LogP contribution in [0.3, 0.4) is 0 Å². The minimum absolute atomic E-state index is 0.245. The summed E-state index contributed by atoms with van der Waals surface area (Å²) in [4.78, 5) is 13.0. The van der Waals surface area contributed by atoms with Gasteiger partial charge in [0.15, 0.2) is 0 Å². The molecule has 3 heteroatoms. The summed E-state index contributed by atoms with van der Waals surface area (Å²) >= 11 is 0. The summed E-state index contributed by atoms with van der Waals surface area (Å²) in [5, 5.41) is 3.48. The Bertz CT molecular complexity index is 372. The van der Waals surface area contributed by atoms with Gasteiger partial charge in [-0.1, -0.05) is 77.0 Å². The highest BCUT2D eigenvalue weighted by molar-refractivity contribution is 5.78. The van der Waals surface area contributed by atoms with Gasteiger partial charge in [-0.2, -0.15) is 0 Å². The maximum Gasteiger partial charge on any atom is 0.223 e. The topological polar surface area (TPSA) is 55.1 Å². The molecule has 0 saturated heterocycles. The van der Waals surface area contributed by atoms with E-state index in [1.54, 1.807) is 0 Å². The molecule has 0 aliphatic heterocycles. The van der Waals surface area contributed by atoms with Crippen LogP contribution in [-0.4, -0.2) is 18.0 Å². The third-order valence-electron chi connectivity index (χ3n) is 7.07. The Balaban J connectivity index is 1.79. The molecule has 2 saturated carbocycles. The first-order valence-corrected chi connectivity index (χ1v) is 12.2. The third kappa shape index (κ3) is 9.45. The smallest absolute Gasteiger partial charge is 0.223 e. The molecule has 3 N–H and O–H groups in total. The molecule has 2 aliphatic carbocycles. The van der Waals surface area contributed by atoms with Gasteiger partial charge in [-0.25, -0.2) is 0 Å². The first-order valence-electron chi connectivity index (χ1n) is 12.2. The van der Waals surface area contributed by atoms with E-state index in [0.29, 0.717) is 23.9 Å². The second-order valence-corrected chi connectivity index (χ2v) is 9.50. The number of nitrogens with two attached hydrogens (primary N) is 1. The van der Waals surface area contributed by atoms with E-state index in [0.717, 1.165) is 12.8 Å². The second kappa shape index (κ2) is 13.6. The second-order valence-electron chi connectivity index (χ2n) is 9.50. The van der Waals surface area contributed by atoms with Crippen LogP contribution in [0.15, 0.2) is 0 Å². The lowest BCUT2D eigenvalue weighted by Crippen LogP contribution is -2.39. The maximum absolute atomic E-state index is 13.0. The summed E-state index contributed by atoms with van der Waals surface area (Å²) in [5.41, 5.74) is 6.15. The third-order valence-corrected chi connectivity index (χ3v) is 7.07. The predicted molar refractivity (Wildman–Crippen MR) is 116 cm³/mol. The average Bonchev–Trinajstić information content (AvgIpc) is 2.71. The van der Waals surface area contributed by atoms with Crippen LogP contribution < -0.4 is 11.1 Å². The fraction of sp³-hybridized carbons (Fsp3) is 0.958. The quantitative estimate of drug-likeness (QED) is 0.623. The van der Waals surface area contributed by atoms with E-state index in [2.05, 4.69) is 12.2 Å². The number of carbonyl (C=O) groups is 1. The Labute approximate surface area is 168 Å². The SMILES string of the molecule is C[C@@H](N)C1CCCCC(C(=O)NC2CCCCCCCCCC2)CCCC1. The molecule has 3 nitrogen and oxygen atoms in total. The Morgan fingerprint density at radius 1 is 0.704 bits per heavy atom. The van der Waals surface area contributed by atoms with Gasteiger partial charge in [-0.05, 0) is 51.4 Å². The molecule has 2 aliphatic rings. The van der Waals surface area contributed by atoms with Crippen molar-refractivity contribution in [1.29, 1.82) is 0 Å². The van der Waals surface area contributed by atoms with Crippen LogP contribution in [0, 0.1) is 11.8 Å². The van der Waals surface area contributed by atoms with Crippen LogP contribution in [0.2, 0.25) is 0 Å². The zero-order chi connectivity index (χ0) is 19.3. The highest BCUT2D eigenvalue weighted by Crippen LogP contribution is 2.26. The Hall–Kier alpha value is -0.570. The average molecular weight is 379 g/mol. The number of hydrogen-bond donors (Lipinski definition) is 2. The highest BCUT2D eigenvalue weighted by Gasteiger charge is 2.23. The van der Waals surface area contributed by atoms with Crippen molar-refractivity contribution in [2.75, 3.05) is 0 Å². The van der Waals surface area contributed by atoms with E-state index in [4.69, 9.17) is 5.73 Å². The van der Waals surface area contributed by atoms with Gasteiger partial charge >= 0.3 is 0 Å². The number of nitrogens with one attached hydrogen (secondary N) is 1. The van der Waals surface area contributed by atoms with Gasteiger partial charge in [0.2, 0.25) is 5.91 Å². The molecule has 2 rings (SSSR count). The van der Waals surface area contributed by atoms with Crippen molar-refractivity contribution < 1.29 is 4.79 Å². The Morgan fingerprint density at radius 3 is 1.59 bits per heavy atom. The first-order chi connectivity index (χ1) is 13.2. The van der Waals surface area contributed by atoms with Gasteiger partial charge in [0.25, 0.3) is 0 Å². The number of rotatable bonds is 3. The van der Waals surface area contributed by atoms with Crippen molar-refractivity contribution in [3.63, 3.8) is 0 Å². The molecule has 1 amide bonds. The molecule has 2 fully saturated rings. The van der Waals surface area contributed by atoms with Crippen LogP contribution in [0.25, 0.3) is 0 Å². The molecule has 1 atom stereocenters. The summed E-state index contributed by atoms with van der Waals surface area (Å²) in [7, 11) is 0. The van der Waals surface area contributed by atoms with E-state index in [1.165, 1.54) is 103 Å². The van der Waals surface area contributed by atoms with Crippen LogP contribution in [-0.2, 0) is 4.79 Å². The minimum atomic E-state index is 0.245. The van der Waals surface area contributed by atoms with Gasteiger partial charge in [-0.15, -0.1) is 0 Å². The zero-order valence-electron chi connectivity index (χ0n) is 18.0. The number of amides is 1. The van der Waals surface area contributed by atoms with Crippen LogP contribution in [0.1, 0.15) is 122 Å². The van der Waals surface area contributed by atoms with Crippen molar-refractivity contribution in [2.24, 2.45) is 17.6 Å². The van der Waals surface area contributed by atoms with E-state index in [1.807, 2.05) is 0 Å². The summed E-state index contributed by atoms with van der Waals surface area (Å²) in [5.74, 6) is 1.29. The fourth-order valence-corrected chi connectivity index (χ4v) is 5.12. The highest BCUT2D eigenvalue weighted by atomic mass is 16.1. The van der Waals surface area contributed by atoms with Crippen molar-refractivity contribution >= 4 is 5.91 Å². The molecule has 0 radical (unpaired) electrons. The van der Waals surface area contributed by atoms with Gasteiger partial charge in [0.05, 0.1) is 0 Å². The largest absolute Gasteiger partial charge is 0.353 e. The molecule has 158 valence electrons. The number of hydrogen-bond acceptors (Lipinski definition) is 2. The molecule has 0 aromatic rings. The molecule has 0 bridgehead atoms. The number of carbonyl (C=O) groups excluding carboxylic acids is 1. The molecular weight excluding hydrogens is 332 g/mol. The van der Waals surface area contributed by atoms with Crippen LogP contribution >= 0.6 is 0 Å². The van der Waals surface area contributed by atoms with E-state index in [-0.39, 0.29) is 5.92 Å². The Morgan fingerprint density at radius 2 is 1.11 bits per heavy atom. The summed E-state index contributed by atoms with van der Waals surface area (Å²) in [6.07, 6.45) is 22.7. The van der Waals surface area contributed by atoms with Gasteiger partial charge in [0, 0.05) is 18.0 Å². The van der Waals surface area contributed by atoms with E-state index in [9.17, 15) is 4.79 Å². The van der Waals surface area contributed by atoms with Crippen molar-refractivity contribution in [2.45, 2.75) is 135 Å². The molecule has 0 aromatic carbocycles.